The molecule has 24 heavy (non-hydrogen) atoms. The highest BCUT2D eigenvalue weighted by atomic mass is 19.2. The summed E-state index contributed by atoms with van der Waals surface area (Å²) in [5, 5.41) is 1.99. The lowest BCUT2D eigenvalue weighted by Gasteiger charge is -2.07. The Morgan fingerprint density at radius 3 is 2.42 bits per heavy atom. The Bertz CT molecular complexity index is 776. The summed E-state index contributed by atoms with van der Waals surface area (Å²) in [5.74, 6) is -6.27. The van der Waals surface area contributed by atoms with Gasteiger partial charge in [-0.1, -0.05) is 30.3 Å². The second-order valence-corrected chi connectivity index (χ2v) is 4.62. The number of benzene rings is 2. The van der Waals surface area contributed by atoms with Crippen LogP contribution in [0, 0.1) is 17.5 Å². The summed E-state index contributed by atoms with van der Waals surface area (Å²) in [7, 11) is 0. The van der Waals surface area contributed by atoms with Crippen molar-refractivity contribution >= 4 is 23.6 Å². The summed E-state index contributed by atoms with van der Waals surface area (Å²) in [6, 6.07) is 10.5. The molecule has 124 valence electrons. The Hall–Kier alpha value is -3.09. The summed E-state index contributed by atoms with van der Waals surface area (Å²) < 4.78 is 43.8. The minimum absolute atomic E-state index is 0.547. The van der Waals surface area contributed by atoms with Gasteiger partial charge in [-0.3, -0.25) is 4.79 Å². The van der Waals surface area contributed by atoms with E-state index in [9.17, 15) is 22.8 Å². The lowest BCUT2D eigenvalue weighted by atomic mass is 10.2. The molecule has 4 nitrogen and oxygen atoms in total. The van der Waals surface area contributed by atoms with E-state index in [1.54, 1.807) is 24.3 Å². The Balaban J connectivity index is 1.86. The van der Waals surface area contributed by atoms with Gasteiger partial charge in [0.2, 0.25) is 0 Å². The van der Waals surface area contributed by atoms with Crippen LogP contribution >= 0.6 is 0 Å². The Kier molecular flexibility index (Phi) is 5.73. The van der Waals surface area contributed by atoms with Gasteiger partial charge in [0.1, 0.15) is 0 Å². The number of halogens is 3. The van der Waals surface area contributed by atoms with Gasteiger partial charge < -0.3 is 10.1 Å². The van der Waals surface area contributed by atoms with Crippen LogP contribution < -0.4 is 5.32 Å². The van der Waals surface area contributed by atoms with Crippen molar-refractivity contribution in [3.8, 4) is 0 Å². The van der Waals surface area contributed by atoms with Gasteiger partial charge >= 0.3 is 5.97 Å². The fourth-order valence-electron chi connectivity index (χ4n) is 1.72. The Morgan fingerprint density at radius 1 is 1.00 bits per heavy atom. The fraction of sp³-hybridized carbons (Fsp3) is 0.0588. The molecular formula is C17H12F3NO3. The molecule has 7 heteroatoms. The third-order valence-corrected chi connectivity index (χ3v) is 2.87. The standard InChI is InChI=1S/C17H12F3NO3/c18-12-7-8-13(17(20)16(12)19)21-14(22)10-24-15(23)9-6-11-4-2-1-3-5-11/h1-9H,10H2,(H,21,22)/b9-6+. The molecule has 0 bridgehead atoms. The molecule has 1 amide bonds. The van der Waals surface area contributed by atoms with Crippen molar-refractivity contribution in [1.29, 1.82) is 0 Å². The number of hydrogen-bond acceptors (Lipinski definition) is 3. The second-order valence-electron chi connectivity index (χ2n) is 4.62. The smallest absolute Gasteiger partial charge is 0.331 e. The quantitative estimate of drug-likeness (QED) is 0.518. The first-order valence-electron chi connectivity index (χ1n) is 6.80. The lowest BCUT2D eigenvalue weighted by molar-refractivity contribution is -0.142. The molecule has 0 aliphatic carbocycles. The van der Waals surface area contributed by atoms with Gasteiger partial charge in [0, 0.05) is 6.08 Å². The van der Waals surface area contributed by atoms with Crippen LogP contribution in [-0.2, 0) is 14.3 Å². The van der Waals surface area contributed by atoms with Crippen molar-refractivity contribution in [2.75, 3.05) is 11.9 Å². The third-order valence-electron chi connectivity index (χ3n) is 2.87. The van der Waals surface area contributed by atoms with E-state index in [4.69, 9.17) is 0 Å². The molecule has 2 aromatic carbocycles. The Morgan fingerprint density at radius 2 is 1.71 bits per heavy atom. The normalized spacial score (nSPS) is 10.6. The van der Waals surface area contributed by atoms with Crippen LogP contribution in [0.2, 0.25) is 0 Å². The van der Waals surface area contributed by atoms with E-state index in [-0.39, 0.29) is 0 Å². The maximum absolute atomic E-state index is 13.4. The fourth-order valence-corrected chi connectivity index (χ4v) is 1.72. The number of hydrogen-bond donors (Lipinski definition) is 1. The maximum Gasteiger partial charge on any atom is 0.331 e. The first-order valence-corrected chi connectivity index (χ1v) is 6.80. The highest BCUT2D eigenvalue weighted by molar-refractivity contribution is 5.94. The molecule has 0 spiro atoms. The zero-order valence-corrected chi connectivity index (χ0v) is 12.3. The maximum atomic E-state index is 13.4. The van der Waals surface area contributed by atoms with E-state index >= 15 is 0 Å². The summed E-state index contributed by atoms with van der Waals surface area (Å²) in [4.78, 5) is 23.0. The number of nitrogens with one attached hydrogen (secondary N) is 1. The van der Waals surface area contributed by atoms with Gasteiger partial charge in [-0.2, -0.15) is 0 Å². The minimum atomic E-state index is -1.70. The predicted molar refractivity (Wildman–Crippen MR) is 81.4 cm³/mol. The van der Waals surface area contributed by atoms with Crippen molar-refractivity contribution in [2.24, 2.45) is 0 Å². The van der Waals surface area contributed by atoms with E-state index in [0.717, 1.165) is 17.7 Å². The van der Waals surface area contributed by atoms with Crippen LogP contribution in [0.5, 0.6) is 0 Å². The molecule has 2 aromatic rings. The number of carbonyl (C=O) groups is 2. The summed E-state index contributed by atoms with van der Waals surface area (Å²) >= 11 is 0. The summed E-state index contributed by atoms with van der Waals surface area (Å²) in [6.07, 6.45) is 2.62. The zero-order valence-electron chi connectivity index (χ0n) is 12.3. The van der Waals surface area contributed by atoms with Crippen LogP contribution in [0.1, 0.15) is 5.56 Å². The Labute approximate surface area is 135 Å². The SMILES string of the molecule is O=C(COC(=O)/C=C/c1ccccc1)Nc1ccc(F)c(F)c1F. The molecule has 1 N–H and O–H groups in total. The highest BCUT2D eigenvalue weighted by Crippen LogP contribution is 2.19. The van der Waals surface area contributed by atoms with E-state index in [1.165, 1.54) is 6.08 Å². The van der Waals surface area contributed by atoms with Gasteiger partial charge in [0.25, 0.3) is 5.91 Å². The van der Waals surface area contributed by atoms with Gasteiger partial charge in [0.05, 0.1) is 5.69 Å². The van der Waals surface area contributed by atoms with Gasteiger partial charge in [-0.05, 0) is 23.8 Å². The topological polar surface area (TPSA) is 55.4 Å². The summed E-state index contributed by atoms with van der Waals surface area (Å²) in [5.41, 5.74) is 0.220. The minimum Gasteiger partial charge on any atom is -0.452 e. The second kappa shape index (κ2) is 7.96. The first-order chi connectivity index (χ1) is 11.5. The molecule has 0 heterocycles. The average Bonchev–Trinajstić information content (AvgIpc) is 2.59. The van der Waals surface area contributed by atoms with E-state index < -0.39 is 41.6 Å². The van der Waals surface area contributed by atoms with Crippen molar-refractivity contribution < 1.29 is 27.5 Å². The van der Waals surface area contributed by atoms with Crippen LogP contribution in [0.3, 0.4) is 0 Å². The highest BCUT2D eigenvalue weighted by Gasteiger charge is 2.15. The third kappa shape index (κ3) is 4.70. The predicted octanol–water partition coefficient (Wildman–Crippen LogP) is 3.30. The molecule has 0 aliphatic heterocycles. The van der Waals surface area contributed by atoms with Crippen LogP contribution in [0.25, 0.3) is 6.08 Å². The largest absolute Gasteiger partial charge is 0.452 e. The molecule has 0 saturated heterocycles. The number of anilines is 1. The molecule has 0 fully saturated rings. The molecule has 0 saturated carbocycles. The van der Waals surface area contributed by atoms with E-state index in [2.05, 4.69) is 4.74 Å². The molecular weight excluding hydrogens is 323 g/mol. The number of ether oxygens (including phenoxy) is 1. The molecule has 2 rings (SSSR count). The number of rotatable bonds is 5. The molecule has 0 radical (unpaired) electrons. The van der Waals surface area contributed by atoms with Gasteiger partial charge in [-0.15, -0.1) is 0 Å². The first kappa shape index (κ1) is 17.3. The number of carbonyl (C=O) groups excluding carboxylic acids is 2. The van der Waals surface area contributed by atoms with Crippen molar-refractivity contribution in [3.05, 3.63) is 71.6 Å². The van der Waals surface area contributed by atoms with Crippen molar-refractivity contribution in [2.45, 2.75) is 0 Å². The molecule has 0 atom stereocenters. The average molecular weight is 335 g/mol. The van der Waals surface area contributed by atoms with Crippen LogP contribution in [0.4, 0.5) is 18.9 Å². The molecule has 0 aromatic heterocycles. The summed E-state index contributed by atoms with van der Waals surface area (Å²) in [6.45, 7) is -0.698. The van der Waals surface area contributed by atoms with E-state index in [0.29, 0.717) is 6.07 Å². The van der Waals surface area contributed by atoms with Gasteiger partial charge in [0.15, 0.2) is 24.1 Å². The number of esters is 1. The zero-order chi connectivity index (χ0) is 17.5. The van der Waals surface area contributed by atoms with Crippen LogP contribution in [0.15, 0.2) is 48.5 Å². The number of amides is 1. The molecule has 0 aliphatic rings. The van der Waals surface area contributed by atoms with E-state index in [1.807, 2.05) is 11.4 Å². The van der Waals surface area contributed by atoms with Crippen LogP contribution in [-0.4, -0.2) is 18.5 Å². The monoisotopic (exact) mass is 335 g/mol. The van der Waals surface area contributed by atoms with Gasteiger partial charge in [-0.25, -0.2) is 18.0 Å². The lowest BCUT2D eigenvalue weighted by Crippen LogP contribution is -2.21. The van der Waals surface area contributed by atoms with Crippen molar-refractivity contribution in [3.63, 3.8) is 0 Å². The van der Waals surface area contributed by atoms with Crippen molar-refractivity contribution in [1.82, 2.24) is 0 Å². The molecule has 0 unspecified atom stereocenters.